The average molecular weight is 352 g/mol. The van der Waals surface area contributed by atoms with E-state index in [0.29, 0.717) is 0 Å². The highest BCUT2D eigenvalue weighted by Gasteiger charge is 2.19. The van der Waals surface area contributed by atoms with Crippen molar-refractivity contribution in [1.82, 2.24) is 4.98 Å². The molecule has 1 amide bonds. The van der Waals surface area contributed by atoms with Crippen molar-refractivity contribution in [3.63, 3.8) is 0 Å². The SMILES string of the molecule is CCOC(=O)c1csc(NC(=O)c2cc(O)c(OC)cc2OC)n1. The van der Waals surface area contributed by atoms with Crippen molar-refractivity contribution in [2.45, 2.75) is 6.92 Å². The van der Waals surface area contributed by atoms with E-state index in [9.17, 15) is 14.7 Å². The topological polar surface area (TPSA) is 107 Å². The summed E-state index contributed by atoms with van der Waals surface area (Å²) in [6.07, 6.45) is 0. The quantitative estimate of drug-likeness (QED) is 0.768. The van der Waals surface area contributed by atoms with E-state index >= 15 is 0 Å². The van der Waals surface area contributed by atoms with Crippen molar-refractivity contribution in [3.05, 3.63) is 28.8 Å². The monoisotopic (exact) mass is 352 g/mol. The third kappa shape index (κ3) is 3.74. The Morgan fingerprint density at radius 2 is 1.96 bits per heavy atom. The first-order valence-electron chi connectivity index (χ1n) is 6.89. The van der Waals surface area contributed by atoms with E-state index in [1.807, 2.05) is 0 Å². The molecule has 0 unspecified atom stereocenters. The van der Waals surface area contributed by atoms with Crippen molar-refractivity contribution in [1.29, 1.82) is 0 Å². The third-order valence-corrected chi connectivity index (χ3v) is 3.71. The minimum atomic E-state index is -0.561. The Hall–Kier alpha value is -2.81. The Morgan fingerprint density at radius 3 is 2.58 bits per heavy atom. The van der Waals surface area contributed by atoms with Crippen LogP contribution in [-0.2, 0) is 4.74 Å². The van der Waals surface area contributed by atoms with Crippen molar-refractivity contribution in [3.8, 4) is 17.2 Å². The van der Waals surface area contributed by atoms with Crippen molar-refractivity contribution < 1.29 is 28.9 Å². The first-order chi connectivity index (χ1) is 11.5. The van der Waals surface area contributed by atoms with Crippen LogP contribution in [0.25, 0.3) is 0 Å². The highest BCUT2D eigenvalue weighted by molar-refractivity contribution is 7.14. The summed E-state index contributed by atoms with van der Waals surface area (Å²) in [6, 6.07) is 2.63. The average Bonchev–Trinajstić information content (AvgIpc) is 3.03. The van der Waals surface area contributed by atoms with Gasteiger partial charge in [-0.05, 0) is 6.92 Å². The van der Waals surface area contributed by atoms with Crippen molar-refractivity contribution in [2.24, 2.45) is 0 Å². The van der Waals surface area contributed by atoms with Gasteiger partial charge in [-0.3, -0.25) is 10.1 Å². The molecule has 9 heteroatoms. The van der Waals surface area contributed by atoms with Crippen LogP contribution in [0.4, 0.5) is 5.13 Å². The number of esters is 1. The molecule has 0 aliphatic heterocycles. The van der Waals surface area contributed by atoms with E-state index in [0.717, 1.165) is 11.3 Å². The Bertz CT molecular complexity index is 758. The lowest BCUT2D eigenvalue weighted by molar-refractivity contribution is 0.0520. The summed E-state index contributed by atoms with van der Waals surface area (Å²) < 4.78 is 14.9. The molecule has 1 heterocycles. The van der Waals surface area contributed by atoms with Crippen LogP contribution in [0.15, 0.2) is 17.5 Å². The summed E-state index contributed by atoms with van der Waals surface area (Å²) in [5, 5.41) is 14.1. The molecule has 1 aromatic heterocycles. The second-order valence-electron chi connectivity index (χ2n) is 4.44. The summed E-state index contributed by atoms with van der Waals surface area (Å²) in [4.78, 5) is 27.9. The van der Waals surface area contributed by atoms with E-state index in [2.05, 4.69) is 10.3 Å². The van der Waals surface area contributed by atoms with Crippen molar-refractivity contribution >= 4 is 28.3 Å². The van der Waals surface area contributed by atoms with E-state index in [-0.39, 0.29) is 40.2 Å². The summed E-state index contributed by atoms with van der Waals surface area (Å²) in [6.45, 7) is 1.93. The van der Waals surface area contributed by atoms with Crippen LogP contribution in [0.2, 0.25) is 0 Å². The number of carbonyl (C=O) groups excluding carboxylic acids is 2. The molecule has 0 atom stereocenters. The number of rotatable bonds is 6. The van der Waals surface area contributed by atoms with Gasteiger partial charge < -0.3 is 19.3 Å². The molecule has 2 aromatic rings. The molecule has 0 aliphatic carbocycles. The Kier molecular flexibility index (Phi) is 5.59. The van der Waals surface area contributed by atoms with E-state index < -0.39 is 11.9 Å². The number of nitrogens with one attached hydrogen (secondary N) is 1. The smallest absolute Gasteiger partial charge is 0.357 e. The highest BCUT2D eigenvalue weighted by Crippen LogP contribution is 2.34. The third-order valence-electron chi connectivity index (χ3n) is 2.95. The number of benzene rings is 1. The maximum atomic E-state index is 12.4. The molecular formula is C15H16N2O6S. The lowest BCUT2D eigenvalue weighted by Crippen LogP contribution is -2.13. The molecule has 0 radical (unpaired) electrons. The van der Waals surface area contributed by atoms with Gasteiger partial charge in [-0.15, -0.1) is 11.3 Å². The zero-order valence-electron chi connectivity index (χ0n) is 13.3. The van der Waals surface area contributed by atoms with Gasteiger partial charge in [0.15, 0.2) is 22.3 Å². The number of methoxy groups -OCH3 is 2. The fourth-order valence-electron chi connectivity index (χ4n) is 1.85. The molecule has 24 heavy (non-hydrogen) atoms. The van der Waals surface area contributed by atoms with Gasteiger partial charge in [-0.25, -0.2) is 9.78 Å². The number of phenols is 1. The van der Waals surface area contributed by atoms with Gasteiger partial charge in [-0.1, -0.05) is 0 Å². The number of thiazole rings is 1. The van der Waals surface area contributed by atoms with E-state index in [1.54, 1.807) is 6.92 Å². The molecular weight excluding hydrogens is 336 g/mol. The number of amides is 1. The summed E-state index contributed by atoms with van der Waals surface area (Å²) >= 11 is 1.08. The lowest BCUT2D eigenvalue weighted by Gasteiger charge is -2.11. The van der Waals surface area contributed by atoms with Gasteiger partial charge in [0, 0.05) is 17.5 Å². The van der Waals surface area contributed by atoms with Crippen LogP contribution in [0.5, 0.6) is 17.2 Å². The summed E-state index contributed by atoms with van der Waals surface area (Å²) in [5.41, 5.74) is 0.213. The van der Waals surface area contributed by atoms with E-state index in [1.165, 1.54) is 31.7 Å². The number of carbonyl (C=O) groups is 2. The molecule has 0 fully saturated rings. The molecule has 0 saturated carbocycles. The van der Waals surface area contributed by atoms with Crippen molar-refractivity contribution in [2.75, 3.05) is 26.1 Å². The molecule has 128 valence electrons. The number of nitrogens with zero attached hydrogens (tertiary/aromatic N) is 1. The van der Waals surface area contributed by atoms with Crippen LogP contribution in [0.3, 0.4) is 0 Å². The number of ether oxygens (including phenoxy) is 3. The number of anilines is 1. The van der Waals surface area contributed by atoms with Gasteiger partial charge >= 0.3 is 5.97 Å². The second-order valence-corrected chi connectivity index (χ2v) is 5.29. The molecule has 0 aliphatic rings. The fraction of sp³-hybridized carbons (Fsp3) is 0.267. The minimum Gasteiger partial charge on any atom is -0.504 e. The molecule has 2 N–H and O–H groups in total. The highest BCUT2D eigenvalue weighted by atomic mass is 32.1. The normalized spacial score (nSPS) is 10.1. The number of hydrogen-bond donors (Lipinski definition) is 2. The Morgan fingerprint density at radius 1 is 1.25 bits per heavy atom. The first-order valence-corrected chi connectivity index (χ1v) is 7.77. The second kappa shape index (κ2) is 7.64. The van der Waals surface area contributed by atoms with Gasteiger partial charge in [0.25, 0.3) is 5.91 Å². The standard InChI is InChI=1S/C15H16N2O6S/c1-4-23-14(20)9-7-24-15(16-9)17-13(19)8-5-10(18)12(22-3)6-11(8)21-2/h5-7,18H,4H2,1-3H3,(H,16,17,19). The zero-order valence-corrected chi connectivity index (χ0v) is 14.1. The lowest BCUT2D eigenvalue weighted by atomic mass is 10.1. The van der Waals surface area contributed by atoms with E-state index in [4.69, 9.17) is 14.2 Å². The Balaban J connectivity index is 2.21. The van der Waals surface area contributed by atoms with Gasteiger partial charge in [-0.2, -0.15) is 0 Å². The predicted molar refractivity (Wildman–Crippen MR) is 87.2 cm³/mol. The molecule has 2 rings (SSSR count). The van der Waals surface area contributed by atoms with Crippen LogP contribution < -0.4 is 14.8 Å². The summed E-state index contributed by atoms with van der Waals surface area (Å²) in [7, 11) is 2.78. The molecule has 1 aromatic carbocycles. The van der Waals surface area contributed by atoms with Gasteiger partial charge in [0.1, 0.15) is 5.75 Å². The molecule has 0 spiro atoms. The maximum absolute atomic E-state index is 12.4. The van der Waals surface area contributed by atoms with Crippen LogP contribution in [0.1, 0.15) is 27.8 Å². The minimum absolute atomic E-state index is 0.101. The molecule has 0 bridgehead atoms. The van der Waals surface area contributed by atoms with Crippen LogP contribution in [0, 0.1) is 0 Å². The number of aromatic hydroxyl groups is 1. The number of phenolic OH excluding ortho intramolecular Hbond substituents is 1. The fourth-order valence-corrected chi connectivity index (χ4v) is 2.53. The maximum Gasteiger partial charge on any atom is 0.357 e. The molecule has 8 nitrogen and oxygen atoms in total. The van der Waals surface area contributed by atoms with Crippen LogP contribution in [-0.4, -0.2) is 42.8 Å². The van der Waals surface area contributed by atoms with Crippen LogP contribution >= 0.6 is 11.3 Å². The molecule has 0 saturated heterocycles. The largest absolute Gasteiger partial charge is 0.504 e. The number of aromatic nitrogens is 1. The summed E-state index contributed by atoms with van der Waals surface area (Å²) in [5.74, 6) is -0.898. The zero-order chi connectivity index (χ0) is 17.7. The Labute approximate surface area is 142 Å². The first kappa shape index (κ1) is 17.5. The van der Waals surface area contributed by atoms with Gasteiger partial charge in [0.2, 0.25) is 0 Å². The number of hydrogen-bond acceptors (Lipinski definition) is 8. The predicted octanol–water partition coefficient (Wildman–Crippen LogP) is 2.29. The van der Waals surface area contributed by atoms with Gasteiger partial charge in [0.05, 0.1) is 26.4 Å².